The highest BCUT2D eigenvalue weighted by Crippen LogP contribution is 2.15. The van der Waals surface area contributed by atoms with Crippen LogP contribution < -0.4 is 4.72 Å². The van der Waals surface area contributed by atoms with Gasteiger partial charge in [-0.15, -0.1) is 0 Å². The average Bonchev–Trinajstić information content (AvgIpc) is 2.50. The van der Waals surface area contributed by atoms with Crippen LogP contribution in [-0.4, -0.2) is 21.0 Å². The number of sulfonamides is 1. The molecule has 122 valence electrons. The molecule has 0 heterocycles. The SMILES string of the molecule is CCOC(=O)c1ccc(NS(=O)(=O)Cc2ccc(F)cc2)cc1. The van der Waals surface area contributed by atoms with Crippen LogP contribution in [0.25, 0.3) is 0 Å². The number of halogens is 1. The van der Waals surface area contributed by atoms with E-state index in [1.165, 1.54) is 48.5 Å². The largest absolute Gasteiger partial charge is 0.462 e. The Morgan fingerprint density at radius 3 is 2.26 bits per heavy atom. The number of rotatable bonds is 6. The molecule has 0 bridgehead atoms. The fourth-order valence-corrected chi connectivity index (χ4v) is 3.10. The first kappa shape index (κ1) is 17.0. The van der Waals surface area contributed by atoms with E-state index in [9.17, 15) is 17.6 Å². The summed E-state index contributed by atoms with van der Waals surface area (Å²) in [5, 5.41) is 0. The maximum atomic E-state index is 12.8. The summed E-state index contributed by atoms with van der Waals surface area (Å²) in [6, 6.07) is 11.2. The fraction of sp³-hybridized carbons (Fsp3) is 0.188. The van der Waals surface area contributed by atoms with Gasteiger partial charge >= 0.3 is 5.97 Å². The van der Waals surface area contributed by atoms with E-state index >= 15 is 0 Å². The van der Waals surface area contributed by atoms with Gasteiger partial charge in [-0.3, -0.25) is 4.72 Å². The van der Waals surface area contributed by atoms with Gasteiger partial charge in [0.05, 0.1) is 17.9 Å². The van der Waals surface area contributed by atoms with Crippen molar-refractivity contribution in [3.05, 3.63) is 65.5 Å². The minimum atomic E-state index is -3.63. The Labute approximate surface area is 134 Å². The van der Waals surface area contributed by atoms with Crippen molar-refractivity contribution in [2.45, 2.75) is 12.7 Å². The number of carbonyl (C=O) groups is 1. The maximum Gasteiger partial charge on any atom is 0.338 e. The zero-order chi connectivity index (χ0) is 16.9. The van der Waals surface area contributed by atoms with Crippen LogP contribution >= 0.6 is 0 Å². The maximum absolute atomic E-state index is 12.8. The number of ether oxygens (including phenoxy) is 1. The lowest BCUT2D eigenvalue weighted by atomic mass is 10.2. The Morgan fingerprint density at radius 1 is 1.09 bits per heavy atom. The van der Waals surface area contributed by atoms with Crippen molar-refractivity contribution in [2.24, 2.45) is 0 Å². The standard InChI is InChI=1S/C16H16FNO4S/c1-2-22-16(19)13-5-9-15(10-6-13)18-23(20,21)11-12-3-7-14(17)8-4-12/h3-10,18H,2,11H2,1H3. The monoisotopic (exact) mass is 337 g/mol. The molecule has 0 aromatic heterocycles. The third-order valence-electron chi connectivity index (χ3n) is 2.94. The van der Waals surface area contributed by atoms with Gasteiger partial charge in [-0.25, -0.2) is 17.6 Å². The first-order valence-corrected chi connectivity index (χ1v) is 8.57. The number of benzene rings is 2. The molecule has 0 radical (unpaired) electrons. The quantitative estimate of drug-likeness (QED) is 0.823. The topological polar surface area (TPSA) is 72.5 Å². The Hall–Kier alpha value is -2.41. The van der Waals surface area contributed by atoms with E-state index in [4.69, 9.17) is 4.74 Å². The second-order valence-electron chi connectivity index (χ2n) is 4.79. The summed E-state index contributed by atoms with van der Waals surface area (Å²) in [6.07, 6.45) is 0. The van der Waals surface area contributed by atoms with E-state index in [1.54, 1.807) is 6.92 Å². The highest BCUT2D eigenvalue weighted by Gasteiger charge is 2.13. The van der Waals surface area contributed by atoms with E-state index in [-0.39, 0.29) is 12.4 Å². The molecule has 0 saturated carbocycles. The lowest BCUT2D eigenvalue weighted by Crippen LogP contribution is -2.15. The Morgan fingerprint density at radius 2 is 1.70 bits per heavy atom. The van der Waals surface area contributed by atoms with Gasteiger partial charge in [0.1, 0.15) is 5.82 Å². The van der Waals surface area contributed by atoms with Gasteiger partial charge in [-0.2, -0.15) is 0 Å². The van der Waals surface area contributed by atoms with Crippen molar-refractivity contribution < 1.29 is 22.3 Å². The molecule has 5 nitrogen and oxygen atoms in total. The van der Waals surface area contributed by atoms with Gasteiger partial charge in [0.2, 0.25) is 10.0 Å². The van der Waals surface area contributed by atoms with Crippen LogP contribution in [0.3, 0.4) is 0 Å². The third kappa shape index (κ3) is 5.07. The zero-order valence-electron chi connectivity index (χ0n) is 12.5. The Bertz CT molecular complexity index is 771. The van der Waals surface area contributed by atoms with Crippen LogP contribution in [0, 0.1) is 5.82 Å². The summed E-state index contributed by atoms with van der Waals surface area (Å²) in [5.74, 6) is -1.16. The number of esters is 1. The molecule has 0 aliphatic rings. The molecule has 0 aliphatic heterocycles. The van der Waals surface area contributed by atoms with Crippen molar-refractivity contribution in [1.82, 2.24) is 0 Å². The average molecular weight is 337 g/mol. The highest BCUT2D eigenvalue weighted by atomic mass is 32.2. The van der Waals surface area contributed by atoms with Gasteiger partial charge < -0.3 is 4.74 Å². The third-order valence-corrected chi connectivity index (χ3v) is 4.20. The lowest BCUT2D eigenvalue weighted by Gasteiger charge is -2.09. The molecule has 2 rings (SSSR count). The van der Waals surface area contributed by atoms with E-state index in [0.717, 1.165) is 0 Å². The van der Waals surface area contributed by atoms with Gasteiger partial charge in [0, 0.05) is 5.69 Å². The van der Waals surface area contributed by atoms with Gasteiger partial charge in [0.15, 0.2) is 0 Å². The van der Waals surface area contributed by atoms with Gasteiger partial charge in [-0.05, 0) is 48.9 Å². The van der Waals surface area contributed by atoms with Crippen molar-refractivity contribution >= 4 is 21.7 Å². The summed E-state index contributed by atoms with van der Waals surface area (Å²) in [6.45, 7) is 1.97. The van der Waals surface area contributed by atoms with Crippen LogP contribution in [0.4, 0.5) is 10.1 Å². The summed E-state index contributed by atoms with van der Waals surface area (Å²) in [7, 11) is -3.63. The Balaban J connectivity index is 2.05. The van der Waals surface area contributed by atoms with Crippen LogP contribution in [0.1, 0.15) is 22.8 Å². The fourth-order valence-electron chi connectivity index (χ4n) is 1.90. The summed E-state index contributed by atoms with van der Waals surface area (Å²) in [5.41, 5.74) is 1.15. The lowest BCUT2D eigenvalue weighted by molar-refractivity contribution is 0.0526. The zero-order valence-corrected chi connectivity index (χ0v) is 13.3. The smallest absolute Gasteiger partial charge is 0.338 e. The normalized spacial score (nSPS) is 11.0. The molecule has 0 spiro atoms. The molecule has 1 N–H and O–H groups in total. The molecule has 2 aromatic rings. The molecule has 0 atom stereocenters. The first-order valence-electron chi connectivity index (χ1n) is 6.92. The minimum Gasteiger partial charge on any atom is -0.462 e. The molecule has 0 unspecified atom stereocenters. The highest BCUT2D eigenvalue weighted by molar-refractivity contribution is 7.91. The first-order chi connectivity index (χ1) is 10.9. The molecule has 0 amide bonds. The molecule has 0 aliphatic carbocycles. The number of carbonyl (C=O) groups excluding carboxylic acids is 1. The molecule has 0 saturated heterocycles. The molecule has 0 fully saturated rings. The molecular weight excluding hydrogens is 321 g/mol. The number of hydrogen-bond donors (Lipinski definition) is 1. The summed E-state index contributed by atoms with van der Waals surface area (Å²) in [4.78, 5) is 11.5. The van der Waals surface area contributed by atoms with E-state index in [1.807, 2.05) is 0 Å². The van der Waals surface area contributed by atoms with Crippen molar-refractivity contribution in [2.75, 3.05) is 11.3 Å². The summed E-state index contributed by atoms with van der Waals surface area (Å²) < 4.78 is 44.2. The van der Waals surface area contributed by atoms with E-state index < -0.39 is 21.8 Å². The predicted octanol–water partition coefficient (Wildman–Crippen LogP) is 2.94. The molecule has 2 aromatic carbocycles. The Kier molecular flexibility index (Phi) is 5.33. The predicted molar refractivity (Wildman–Crippen MR) is 85.0 cm³/mol. The molecular formula is C16H16FNO4S. The van der Waals surface area contributed by atoms with E-state index in [0.29, 0.717) is 16.8 Å². The summed E-state index contributed by atoms with van der Waals surface area (Å²) >= 11 is 0. The van der Waals surface area contributed by atoms with Crippen molar-refractivity contribution in [3.8, 4) is 0 Å². The van der Waals surface area contributed by atoms with Gasteiger partial charge in [-0.1, -0.05) is 12.1 Å². The molecule has 7 heteroatoms. The molecule has 23 heavy (non-hydrogen) atoms. The van der Waals surface area contributed by atoms with Crippen LogP contribution in [0.2, 0.25) is 0 Å². The minimum absolute atomic E-state index is 0.269. The van der Waals surface area contributed by atoms with Crippen LogP contribution in [0.15, 0.2) is 48.5 Å². The number of hydrogen-bond acceptors (Lipinski definition) is 4. The number of anilines is 1. The van der Waals surface area contributed by atoms with Crippen LogP contribution in [-0.2, 0) is 20.5 Å². The van der Waals surface area contributed by atoms with Gasteiger partial charge in [0.25, 0.3) is 0 Å². The van der Waals surface area contributed by atoms with E-state index in [2.05, 4.69) is 4.72 Å². The second-order valence-corrected chi connectivity index (χ2v) is 6.51. The van der Waals surface area contributed by atoms with Crippen molar-refractivity contribution in [3.63, 3.8) is 0 Å². The van der Waals surface area contributed by atoms with Crippen molar-refractivity contribution in [1.29, 1.82) is 0 Å². The van der Waals surface area contributed by atoms with Crippen LogP contribution in [0.5, 0.6) is 0 Å². The number of nitrogens with one attached hydrogen (secondary N) is 1. The second kappa shape index (κ2) is 7.23.